The lowest BCUT2D eigenvalue weighted by molar-refractivity contribution is 0.0636. The summed E-state index contributed by atoms with van der Waals surface area (Å²) in [6.45, 7) is 10.2. The molecule has 4 rings (SSSR count). The number of hydrogen-bond acceptors (Lipinski definition) is 4. The number of aromatic nitrogens is 4. The number of carbonyl (C=O) groups is 1. The fourth-order valence-corrected chi connectivity index (χ4v) is 3.52. The summed E-state index contributed by atoms with van der Waals surface area (Å²) < 4.78 is 9.62. The molecule has 0 spiro atoms. The Balaban J connectivity index is 1.85. The number of anilines is 1. The summed E-state index contributed by atoms with van der Waals surface area (Å²) in [7, 11) is 0. The molecule has 29 heavy (non-hydrogen) atoms. The molecule has 0 aliphatic carbocycles. The Hall–Kier alpha value is -3.35. The summed E-state index contributed by atoms with van der Waals surface area (Å²) in [6, 6.07) is 14.4. The summed E-state index contributed by atoms with van der Waals surface area (Å²) in [5, 5.41) is 11.3. The third kappa shape index (κ3) is 3.68. The van der Waals surface area contributed by atoms with Crippen LogP contribution in [-0.2, 0) is 11.3 Å². The molecule has 1 amide bonds. The lowest BCUT2D eigenvalue weighted by Crippen LogP contribution is -2.27. The van der Waals surface area contributed by atoms with Gasteiger partial charge in [0.15, 0.2) is 5.65 Å². The summed E-state index contributed by atoms with van der Waals surface area (Å²) in [5.41, 5.74) is 4.90. The van der Waals surface area contributed by atoms with Crippen molar-refractivity contribution in [3.8, 4) is 0 Å². The minimum absolute atomic E-state index is 0.516. The Kier molecular flexibility index (Phi) is 4.53. The van der Waals surface area contributed by atoms with Crippen molar-refractivity contribution >= 4 is 28.5 Å². The van der Waals surface area contributed by atoms with Crippen LogP contribution in [0.4, 0.5) is 10.5 Å². The van der Waals surface area contributed by atoms with Gasteiger partial charge in [-0.1, -0.05) is 30.3 Å². The number of fused-ring (bicyclic) bond motifs is 3. The van der Waals surface area contributed by atoms with Gasteiger partial charge in [0.05, 0.1) is 16.7 Å². The van der Waals surface area contributed by atoms with Crippen LogP contribution < -0.4 is 5.32 Å². The van der Waals surface area contributed by atoms with E-state index in [1.54, 1.807) is 0 Å². The normalized spacial score (nSPS) is 11.9. The van der Waals surface area contributed by atoms with E-state index in [9.17, 15) is 4.79 Å². The predicted octanol–water partition coefficient (Wildman–Crippen LogP) is 4.70. The monoisotopic (exact) mass is 391 g/mol. The van der Waals surface area contributed by atoms with Gasteiger partial charge in [0, 0.05) is 12.2 Å². The maximum absolute atomic E-state index is 12.4. The zero-order chi connectivity index (χ0) is 20.8. The van der Waals surface area contributed by atoms with E-state index >= 15 is 0 Å². The minimum atomic E-state index is -0.585. The Morgan fingerprint density at radius 3 is 2.48 bits per heavy atom. The van der Waals surface area contributed by atoms with Gasteiger partial charge in [-0.2, -0.15) is 0 Å². The summed E-state index contributed by atoms with van der Waals surface area (Å²) >= 11 is 0. The van der Waals surface area contributed by atoms with E-state index in [2.05, 4.69) is 45.2 Å². The first-order valence-electron chi connectivity index (χ1n) is 9.61. The number of amides is 1. The SMILES string of the molecule is Cc1cc2c(cc(NC(=O)OC(C)(C)C)c3nnc(C)n32)n1Cc1ccccc1. The van der Waals surface area contributed by atoms with Crippen molar-refractivity contribution in [3.63, 3.8) is 0 Å². The van der Waals surface area contributed by atoms with Crippen LogP contribution >= 0.6 is 0 Å². The van der Waals surface area contributed by atoms with E-state index in [0.29, 0.717) is 11.3 Å². The molecule has 0 aliphatic rings. The van der Waals surface area contributed by atoms with Crippen molar-refractivity contribution in [1.82, 2.24) is 19.2 Å². The third-order valence-electron chi connectivity index (χ3n) is 4.73. The molecule has 0 radical (unpaired) electrons. The number of aryl methyl sites for hydroxylation is 2. The molecule has 7 heteroatoms. The molecule has 1 N–H and O–H groups in total. The van der Waals surface area contributed by atoms with E-state index in [-0.39, 0.29) is 0 Å². The topological polar surface area (TPSA) is 73.4 Å². The van der Waals surface area contributed by atoms with Gasteiger partial charge in [0.2, 0.25) is 0 Å². The van der Waals surface area contributed by atoms with E-state index in [1.807, 2.05) is 56.4 Å². The van der Waals surface area contributed by atoms with Gasteiger partial charge in [0.1, 0.15) is 11.4 Å². The third-order valence-corrected chi connectivity index (χ3v) is 4.73. The highest BCUT2D eigenvalue weighted by atomic mass is 16.6. The van der Waals surface area contributed by atoms with Crippen LogP contribution in [0.5, 0.6) is 0 Å². The molecule has 4 aromatic rings. The molecule has 0 saturated carbocycles. The van der Waals surface area contributed by atoms with Gasteiger partial charge in [-0.3, -0.25) is 9.72 Å². The second-order valence-electron chi connectivity index (χ2n) is 8.22. The molecule has 0 unspecified atom stereocenters. The van der Waals surface area contributed by atoms with Crippen molar-refractivity contribution in [3.05, 3.63) is 59.5 Å². The first-order valence-corrected chi connectivity index (χ1v) is 9.61. The van der Waals surface area contributed by atoms with Crippen molar-refractivity contribution in [2.75, 3.05) is 5.32 Å². The Labute approximate surface area is 169 Å². The van der Waals surface area contributed by atoms with Gasteiger partial charge >= 0.3 is 6.09 Å². The van der Waals surface area contributed by atoms with Crippen LogP contribution in [0, 0.1) is 13.8 Å². The lowest BCUT2D eigenvalue weighted by Gasteiger charge is -2.20. The van der Waals surface area contributed by atoms with Crippen molar-refractivity contribution in [1.29, 1.82) is 0 Å². The van der Waals surface area contributed by atoms with Crippen LogP contribution in [0.25, 0.3) is 16.7 Å². The molecule has 0 fully saturated rings. The van der Waals surface area contributed by atoms with E-state index in [4.69, 9.17) is 4.74 Å². The average Bonchev–Trinajstić information content (AvgIpc) is 3.16. The van der Waals surface area contributed by atoms with Gasteiger partial charge in [-0.05, 0) is 52.3 Å². The highest BCUT2D eigenvalue weighted by molar-refractivity contribution is 5.95. The molecule has 7 nitrogen and oxygen atoms in total. The Morgan fingerprint density at radius 2 is 1.79 bits per heavy atom. The van der Waals surface area contributed by atoms with Crippen molar-refractivity contribution in [2.45, 2.75) is 46.8 Å². The Bertz CT molecular complexity index is 1200. The van der Waals surface area contributed by atoms with Crippen molar-refractivity contribution in [2.24, 2.45) is 0 Å². The van der Waals surface area contributed by atoms with Gasteiger partial charge in [0.25, 0.3) is 0 Å². The van der Waals surface area contributed by atoms with Crippen LogP contribution in [0.3, 0.4) is 0 Å². The molecule has 0 bridgehead atoms. The van der Waals surface area contributed by atoms with Gasteiger partial charge < -0.3 is 9.30 Å². The number of hydrogen-bond donors (Lipinski definition) is 1. The fourth-order valence-electron chi connectivity index (χ4n) is 3.52. The van der Waals surface area contributed by atoms with E-state index in [1.165, 1.54) is 5.56 Å². The number of nitrogens with zero attached hydrogens (tertiary/aromatic N) is 4. The first kappa shape index (κ1) is 19.0. The average molecular weight is 391 g/mol. The molecule has 0 atom stereocenters. The zero-order valence-corrected chi connectivity index (χ0v) is 17.4. The summed E-state index contributed by atoms with van der Waals surface area (Å²) in [6.07, 6.45) is -0.516. The first-order chi connectivity index (χ1) is 13.7. The quantitative estimate of drug-likeness (QED) is 0.549. The zero-order valence-electron chi connectivity index (χ0n) is 17.4. The lowest BCUT2D eigenvalue weighted by atomic mass is 10.2. The molecule has 3 heterocycles. The van der Waals surface area contributed by atoms with E-state index < -0.39 is 11.7 Å². The predicted molar refractivity (Wildman–Crippen MR) is 113 cm³/mol. The standard InChI is InChI=1S/C22H25N5O2/c1-14-11-19-18(26(14)13-16-9-7-6-8-10-16)12-17(20-25-24-15(2)27(19)20)23-21(28)29-22(3,4)5/h6-12H,13H2,1-5H3,(H,23,28). The molecular weight excluding hydrogens is 366 g/mol. The summed E-state index contributed by atoms with van der Waals surface area (Å²) in [4.78, 5) is 12.4. The summed E-state index contributed by atoms with van der Waals surface area (Å²) in [5.74, 6) is 0.759. The molecule has 150 valence electrons. The van der Waals surface area contributed by atoms with Gasteiger partial charge in [-0.15, -0.1) is 10.2 Å². The maximum atomic E-state index is 12.4. The molecule has 3 aromatic heterocycles. The number of pyridine rings is 1. The number of ether oxygens (including phenoxy) is 1. The molecule has 0 saturated heterocycles. The van der Waals surface area contributed by atoms with Crippen LogP contribution in [0.1, 0.15) is 37.9 Å². The second-order valence-corrected chi connectivity index (χ2v) is 8.22. The second kappa shape index (κ2) is 6.92. The highest BCUT2D eigenvalue weighted by Crippen LogP contribution is 2.29. The largest absolute Gasteiger partial charge is 0.444 e. The molecule has 1 aromatic carbocycles. The van der Waals surface area contributed by atoms with Crippen LogP contribution in [0.15, 0.2) is 42.5 Å². The highest BCUT2D eigenvalue weighted by Gasteiger charge is 2.20. The maximum Gasteiger partial charge on any atom is 0.412 e. The molecular formula is C22H25N5O2. The minimum Gasteiger partial charge on any atom is -0.444 e. The number of rotatable bonds is 3. The van der Waals surface area contributed by atoms with Gasteiger partial charge in [-0.25, -0.2) is 4.79 Å². The van der Waals surface area contributed by atoms with E-state index in [0.717, 1.165) is 29.1 Å². The number of benzene rings is 1. The Morgan fingerprint density at radius 1 is 1.07 bits per heavy atom. The molecule has 0 aliphatic heterocycles. The number of carbonyl (C=O) groups excluding carboxylic acids is 1. The van der Waals surface area contributed by atoms with Crippen molar-refractivity contribution < 1.29 is 9.53 Å². The number of nitrogens with one attached hydrogen (secondary N) is 1. The smallest absolute Gasteiger partial charge is 0.412 e. The van der Waals surface area contributed by atoms with Crippen LogP contribution in [-0.4, -0.2) is 30.9 Å². The van der Waals surface area contributed by atoms with Crippen LogP contribution in [0.2, 0.25) is 0 Å². The fraction of sp³-hybridized carbons (Fsp3) is 0.318.